The molecule has 1 heterocycles. The van der Waals surface area contributed by atoms with Gasteiger partial charge in [-0.15, -0.1) is 0 Å². The van der Waals surface area contributed by atoms with Gasteiger partial charge in [0.05, 0.1) is 10.5 Å². The minimum absolute atomic E-state index is 0.0906. The molecule has 0 saturated heterocycles. The van der Waals surface area contributed by atoms with Crippen LogP contribution in [0.5, 0.6) is 0 Å². The molecular weight excluding hydrogens is 410 g/mol. The topological polar surface area (TPSA) is 89.1 Å². The Bertz CT molecular complexity index is 806. The average molecular weight is 432 g/mol. The fraction of sp³-hybridized carbons (Fsp3) is 0.350. The van der Waals surface area contributed by atoms with Gasteiger partial charge < -0.3 is 15.3 Å². The largest absolute Gasteiger partial charge is 0.618 e. The molecule has 2 aromatic rings. The van der Waals surface area contributed by atoms with Crippen LogP contribution in [0.3, 0.4) is 0 Å². The highest BCUT2D eigenvalue weighted by molar-refractivity contribution is 9.10. The zero-order chi connectivity index (χ0) is 19.8. The first-order chi connectivity index (χ1) is 12.9. The Morgan fingerprint density at radius 1 is 1.30 bits per heavy atom. The third-order valence-corrected chi connectivity index (χ3v) is 4.37. The van der Waals surface area contributed by atoms with Gasteiger partial charge in [0.1, 0.15) is 12.6 Å². The molecule has 1 N–H and O–H groups in total. The first kappa shape index (κ1) is 20.9. The summed E-state index contributed by atoms with van der Waals surface area (Å²) in [6.45, 7) is 3.88. The zero-order valence-electron chi connectivity index (χ0n) is 15.3. The molecule has 6 nitrogen and oxygen atoms in total. The predicted octanol–water partition coefficient (Wildman–Crippen LogP) is 3.24. The van der Waals surface area contributed by atoms with Crippen molar-refractivity contribution in [3.8, 4) is 6.07 Å². The van der Waals surface area contributed by atoms with Crippen LogP contribution in [0, 0.1) is 22.5 Å². The maximum atomic E-state index is 12.5. The molecule has 0 fully saturated rings. The van der Waals surface area contributed by atoms with Gasteiger partial charge >= 0.3 is 0 Å². The van der Waals surface area contributed by atoms with Crippen molar-refractivity contribution in [1.29, 1.82) is 5.26 Å². The first-order valence-corrected chi connectivity index (χ1v) is 9.45. The number of carbonyl (C=O) groups is 1. The number of aromatic nitrogens is 1. The molecule has 142 valence electrons. The molecule has 1 aromatic heterocycles. The van der Waals surface area contributed by atoms with Crippen molar-refractivity contribution in [2.24, 2.45) is 5.92 Å². The third-order valence-electron chi connectivity index (χ3n) is 3.90. The average Bonchev–Trinajstić information content (AvgIpc) is 2.64. The summed E-state index contributed by atoms with van der Waals surface area (Å²) < 4.78 is 7.54. The molecular formula is C20H22BrN3O3. The lowest BCUT2D eigenvalue weighted by atomic mass is 10.0. The van der Waals surface area contributed by atoms with Crippen LogP contribution in [-0.4, -0.2) is 18.6 Å². The zero-order valence-corrected chi connectivity index (χ0v) is 16.8. The quantitative estimate of drug-likeness (QED) is 0.394. The molecule has 1 unspecified atom stereocenters. The van der Waals surface area contributed by atoms with E-state index in [4.69, 9.17) is 10.00 Å². The lowest BCUT2D eigenvalue weighted by Gasteiger charge is -2.25. The van der Waals surface area contributed by atoms with Gasteiger partial charge in [-0.25, -0.2) is 0 Å². The number of halogens is 1. The van der Waals surface area contributed by atoms with Crippen LogP contribution >= 0.6 is 15.9 Å². The molecule has 27 heavy (non-hydrogen) atoms. The maximum Gasteiger partial charge on any atom is 0.250 e. The Balaban J connectivity index is 2.39. The number of benzene rings is 1. The van der Waals surface area contributed by atoms with Gasteiger partial charge in [0, 0.05) is 6.07 Å². The summed E-state index contributed by atoms with van der Waals surface area (Å²) >= 11 is 3.28. The molecule has 1 amide bonds. The fourth-order valence-electron chi connectivity index (χ4n) is 2.68. The van der Waals surface area contributed by atoms with Crippen molar-refractivity contribution in [3.05, 3.63) is 69.6 Å². The van der Waals surface area contributed by atoms with Crippen molar-refractivity contribution in [2.45, 2.75) is 32.5 Å². The second kappa shape index (κ2) is 10.0. The summed E-state index contributed by atoms with van der Waals surface area (Å²) in [4.78, 5) is 12.5. The van der Waals surface area contributed by atoms with Gasteiger partial charge in [-0.3, -0.25) is 4.79 Å². The van der Waals surface area contributed by atoms with E-state index in [1.54, 1.807) is 12.1 Å². The highest BCUT2D eigenvalue weighted by atomic mass is 79.9. The molecule has 7 heteroatoms. The van der Waals surface area contributed by atoms with Crippen LogP contribution in [0.2, 0.25) is 0 Å². The molecule has 0 aliphatic heterocycles. The van der Waals surface area contributed by atoms with Crippen molar-refractivity contribution < 1.29 is 14.3 Å². The molecule has 1 aromatic carbocycles. The molecule has 2 rings (SSSR count). The highest BCUT2D eigenvalue weighted by Crippen LogP contribution is 2.27. The summed E-state index contributed by atoms with van der Waals surface area (Å²) in [6.07, 6.45) is 0.373. The Morgan fingerprint density at radius 2 is 2.00 bits per heavy atom. The lowest BCUT2D eigenvalue weighted by molar-refractivity contribution is -0.618. The molecule has 0 aliphatic rings. The van der Waals surface area contributed by atoms with Crippen LogP contribution < -0.4 is 10.0 Å². The van der Waals surface area contributed by atoms with Gasteiger partial charge in [0.25, 0.3) is 0 Å². The Morgan fingerprint density at radius 3 is 2.59 bits per heavy atom. The molecule has 0 bridgehead atoms. The monoisotopic (exact) mass is 431 g/mol. The van der Waals surface area contributed by atoms with E-state index in [9.17, 15) is 10.0 Å². The summed E-state index contributed by atoms with van der Waals surface area (Å²) in [5.74, 6) is -0.163. The van der Waals surface area contributed by atoms with E-state index in [-0.39, 0.29) is 18.4 Å². The maximum absolute atomic E-state index is 12.5. The normalized spacial score (nSPS) is 13.0. The van der Waals surface area contributed by atoms with E-state index in [1.165, 1.54) is 6.20 Å². The lowest BCUT2D eigenvalue weighted by Crippen LogP contribution is -2.41. The minimum atomic E-state index is -0.785. The Labute approximate surface area is 167 Å². The number of nitrogens with one attached hydrogen (secondary N) is 1. The number of nitriles is 1. The smallest absolute Gasteiger partial charge is 0.250 e. The number of pyridine rings is 1. The van der Waals surface area contributed by atoms with E-state index in [1.807, 2.05) is 50.2 Å². The van der Waals surface area contributed by atoms with Crippen molar-refractivity contribution in [1.82, 2.24) is 5.32 Å². The number of nitrogens with zero attached hydrogens (tertiary/aromatic N) is 2. The minimum Gasteiger partial charge on any atom is -0.618 e. The van der Waals surface area contributed by atoms with E-state index in [0.717, 1.165) is 10.3 Å². The predicted molar refractivity (Wildman–Crippen MR) is 104 cm³/mol. The molecule has 0 aliphatic carbocycles. The SMILES string of the molecule is CC(C)C[C@H](OC(c1ccccc1)c1ccc(Br)c[n+]1[O-])C(=O)NCC#N. The van der Waals surface area contributed by atoms with E-state index in [0.29, 0.717) is 16.6 Å². The van der Waals surface area contributed by atoms with Gasteiger partial charge in [-0.1, -0.05) is 44.2 Å². The molecule has 2 atom stereocenters. The Hall–Kier alpha value is -2.43. The second-order valence-corrected chi connectivity index (χ2v) is 7.43. The standard InChI is InChI=1S/C20H22BrN3O3/c1-14(2)12-18(20(25)23-11-10-22)27-19(15-6-4-3-5-7-15)17-9-8-16(21)13-24(17)26/h3-9,13-14,18-19H,11-12H2,1-2H3,(H,23,25)/t18-,19?/m0/s1. The number of hydrogen-bond donors (Lipinski definition) is 1. The molecule has 0 saturated carbocycles. The van der Waals surface area contributed by atoms with E-state index < -0.39 is 12.2 Å². The van der Waals surface area contributed by atoms with Crippen molar-refractivity contribution >= 4 is 21.8 Å². The summed E-state index contributed by atoms with van der Waals surface area (Å²) in [5, 5.41) is 23.7. The number of ether oxygens (including phenoxy) is 1. The van der Waals surface area contributed by atoms with Crippen molar-refractivity contribution in [3.63, 3.8) is 0 Å². The van der Waals surface area contributed by atoms with Crippen LogP contribution in [0.25, 0.3) is 0 Å². The Kier molecular flexibility index (Phi) is 7.77. The summed E-state index contributed by atoms with van der Waals surface area (Å²) in [5.41, 5.74) is 1.15. The fourth-order valence-corrected chi connectivity index (χ4v) is 2.99. The van der Waals surface area contributed by atoms with Gasteiger partial charge in [-0.05, 0) is 39.9 Å². The van der Waals surface area contributed by atoms with E-state index >= 15 is 0 Å². The highest BCUT2D eigenvalue weighted by Gasteiger charge is 2.30. The van der Waals surface area contributed by atoms with E-state index in [2.05, 4.69) is 21.2 Å². The van der Waals surface area contributed by atoms with Gasteiger partial charge in [-0.2, -0.15) is 9.99 Å². The summed E-state index contributed by atoms with van der Waals surface area (Å²) in [6, 6.07) is 14.6. The molecule has 0 spiro atoms. The number of rotatable bonds is 8. The van der Waals surface area contributed by atoms with Crippen molar-refractivity contribution in [2.75, 3.05) is 6.54 Å². The summed E-state index contributed by atoms with van der Waals surface area (Å²) in [7, 11) is 0. The van der Waals surface area contributed by atoms with Crippen LogP contribution in [0.15, 0.2) is 53.1 Å². The van der Waals surface area contributed by atoms with Gasteiger partial charge in [0.2, 0.25) is 11.6 Å². The number of hydrogen-bond acceptors (Lipinski definition) is 4. The van der Waals surface area contributed by atoms with Crippen LogP contribution in [-0.2, 0) is 9.53 Å². The van der Waals surface area contributed by atoms with Crippen LogP contribution in [0.1, 0.15) is 37.6 Å². The second-order valence-electron chi connectivity index (χ2n) is 6.52. The molecule has 0 radical (unpaired) electrons. The van der Waals surface area contributed by atoms with Crippen LogP contribution in [0.4, 0.5) is 0 Å². The number of amides is 1. The number of carbonyl (C=O) groups excluding carboxylic acids is 1. The first-order valence-electron chi connectivity index (χ1n) is 8.66. The third kappa shape index (κ3) is 6.05. The van der Waals surface area contributed by atoms with Gasteiger partial charge in [0.15, 0.2) is 12.3 Å².